The number of hydrogen-bond donors (Lipinski definition) is 1. The summed E-state index contributed by atoms with van der Waals surface area (Å²) in [7, 11) is 0. The zero-order valence-corrected chi connectivity index (χ0v) is 10.8. The van der Waals surface area contributed by atoms with E-state index in [-0.39, 0.29) is 6.61 Å². The molecule has 0 spiro atoms. The summed E-state index contributed by atoms with van der Waals surface area (Å²) in [5, 5.41) is 24.9. The Morgan fingerprint density at radius 1 is 0.900 bits per heavy atom. The standard InChI is InChI=1S/C13H14N6O/c20-7-6-18-9-12(14-16-18)13-10-19(17-15-13)8-11-4-2-1-3-5-11/h1-5,9-10,20H,6-8H2. The molecule has 0 aliphatic rings. The van der Waals surface area contributed by atoms with Gasteiger partial charge in [-0.15, -0.1) is 10.2 Å². The van der Waals surface area contributed by atoms with E-state index in [1.54, 1.807) is 15.6 Å². The summed E-state index contributed by atoms with van der Waals surface area (Å²) in [6.45, 7) is 1.12. The number of nitrogens with zero attached hydrogens (tertiary/aromatic N) is 6. The van der Waals surface area contributed by atoms with E-state index in [1.165, 1.54) is 0 Å². The SMILES string of the molecule is OCCn1cc(-c2cn(Cc3ccccc3)nn2)nn1. The van der Waals surface area contributed by atoms with Crippen LogP contribution in [0.4, 0.5) is 0 Å². The third-order valence-corrected chi connectivity index (χ3v) is 2.86. The molecule has 0 unspecified atom stereocenters. The Morgan fingerprint density at radius 2 is 1.55 bits per heavy atom. The van der Waals surface area contributed by atoms with Gasteiger partial charge in [-0.3, -0.25) is 0 Å². The molecule has 0 radical (unpaired) electrons. The minimum Gasteiger partial charge on any atom is -0.394 e. The Morgan fingerprint density at radius 3 is 2.25 bits per heavy atom. The molecule has 0 amide bonds. The van der Waals surface area contributed by atoms with Crippen LogP contribution in [0.3, 0.4) is 0 Å². The number of hydrogen-bond acceptors (Lipinski definition) is 5. The predicted octanol–water partition coefficient (Wildman–Crippen LogP) is 0.577. The van der Waals surface area contributed by atoms with Gasteiger partial charge < -0.3 is 5.11 Å². The predicted molar refractivity (Wildman–Crippen MR) is 71.7 cm³/mol. The van der Waals surface area contributed by atoms with Crippen molar-refractivity contribution in [3.63, 3.8) is 0 Å². The third-order valence-electron chi connectivity index (χ3n) is 2.86. The van der Waals surface area contributed by atoms with Crippen LogP contribution < -0.4 is 0 Å². The third kappa shape index (κ3) is 2.72. The summed E-state index contributed by atoms with van der Waals surface area (Å²) in [5.41, 5.74) is 2.48. The molecule has 2 heterocycles. The average Bonchev–Trinajstić information content (AvgIpc) is 3.10. The number of benzene rings is 1. The lowest BCUT2D eigenvalue weighted by atomic mass is 10.2. The Bertz CT molecular complexity index is 675. The first-order chi connectivity index (χ1) is 9.85. The summed E-state index contributed by atoms with van der Waals surface area (Å²) in [6.07, 6.45) is 3.58. The molecule has 3 rings (SSSR count). The van der Waals surface area contributed by atoms with Crippen molar-refractivity contribution in [2.24, 2.45) is 0 Å². The molecule has 0 saturated carbocycles. The molecule has 0 fully saturated rings. The molecule has 2 aromatic heterocycles. The molecule has 3 aromatic rings. The van der Waals surface area contributed by atoms with E-state index in [0.717, 1.165) is 5.56 Å². The zero-order chi connectivity index (χ0) is 13.8. The van der Waals surface area contributed by atoms with Gasteiger partial charge in [0.1, 0.15) is 11.4 Å². The molecular formula is C13H14N6O. The van der Waals surface area contributed by atoms with Crippen molar-refractivity contribution >= 4 is 0 Å². The van der Waals surface area contributed by atoms with Gasteiger partial charge in [0.2, 0.25) is 0 Å². The normalized spacial score (nSPS) is 10.8. The number of aliphatic hydroxyl groups is 1. The van der Waals surface area contributed by atoms with Gasteiger partial charge in [-0.25, -0.2) is 9.36 Å². The highest BCUT2D eigenvalue weighted by atomic mass is 16.3. The van der Waals surface area contributed by atoms with Gasteiger partial charge in [0.25, 0.3) is 0 Å². The Balaban J connectivity index is 1.76. The highest BCUT2D eigenvalue weighted by molar-refractivity contribution is 5.49. The Labute approximate surface area is 115 Å². The second-order valence-electron chi connectivity index (χ2n) is 4.38. The molecule has 102 valence electrons. The topological polar surface area (TPSA) is 81.7 Å². The first-order valence-corrected chi connectivity index (χ1v) is 6.30. The first kappa shape index (κ1) is 12.5. The van der Waals surface area contributed by atoms with Gasteiger partial charge in [-0.1, -0.05) is 40.8 Å². The Hall–Kier alpha value is -2.54. The van der Waals surface area contributed by atoms with Crippen LogP contribution >= 0.6 is 0 Å². The first-order valence-electron chi connectivity index (χ1n) is 6.30. The van der Waals surface area contributed by atoms with Crippen LogP contribution in [0.15, 0.2) is 42.7 Å². The van der Waals surface area contributed by atoms with Crippen molar-refractivity contribution < 1.29 is 5.11 Å². The molecule has 1 aromatic carbocycles. The fourth-order valence-corrected chi connectivity index (χ4v) is 1.89. The van der Waals surface area contributed by atoms with E-state index < -0.39 is 0 Å². The van der Waals surface area contributed by atoms with E-state index in [9.17, 15) is 0 Å². The lowest BCUT2D eigenvalue weighted by Gasteiger charge is -1.98. The summed E-state index contributed by atoms with van der Waals surface area (Å²) >= 11 is 0. The molecule has 7 nitrogen and oxygen atoms in total. The largest absolute Gasteiger partial charge is 0.394 e. The fourth-order valence-electron chi connectivity index (χ4n) is 1.89. The quantitative estimate of drug-likeness (QED) is 0.733. The van der Waals surface area contributed by atoms with Crippen LogP contribution in [0.1, 0.15) is 5.56 Å². The van der Waals surface area contributed by atoms with Crippen molar-refractivity contribution in [3.8, 4) is 11.4 Å². The molecule has 7 heteroatoms. The molecule has 1 N–H and O–H groups in total. The smallest absolute Gasteiger partial charge is 0.134 e. The van der Waals surface area contributed by atoms with E-state index in [0.29, 0.717) is 24.5 Å². The fraction of sp³-hybridized carbons (Fsp3) is 0.231. The molecule has 20 heavy (non-hydrogen) atoms. The van der Waals surface area contributed by atoms with Crippen LogP contribution in [0.25, 0.3) is 11.4 Å². The minimum atomic E-state index is 0.0312. The van der Waals surface area contributed by atoms with Crippen molar-refractivity contribution in [1.29, 1.82) is 0 Å². The van der Waals surface area contributed by atoms with E-state index >= 15 is 0 Å². The summed E-state index contributed by atoms with van der Waals surface area (Å²) < 4.78 is 3.33. The van der Waals surface area contributed by atoms with Crippen LogP contribution in [-0.4, -0.2) is 41.7 Å². The lowest BCUT2D eigenvalue weighted by Crippen LogP contribution is -2.01. The van der Waals surface area contributed by atoms with Crippen LogP contribution in [-0.2, 0) is 13.1 Å². The van der Waals surface area contributed by atoms with Gasteiger partial charge >= 0.3 is 0 Å². The Kier molecular flexibility index (Phi) is 3.51. The van der Waals surface area contributed by atoms with Crippen molar-refractivity contribution in [2.75, 3.05) is 6.61 Å². The van der Waals surface area contributed by atoms with Crippen LogP contribution in [0, 0.1) is 0 Å². The van der Waals surface area contributed by atoms with Gasteiger partial charge in [0.15, 0.2) is 0 Å². The number of aliphatic hydroxyl groups excluding tert-OH is 1. The molecule has 0 bridgehead atoms. The second kappa shape index (κ2) is 5.62. The average molecular weight is 270 g/mol. The van der Waals surface area contributed by atoms with E-state index in [4.69, 9.17) is 5.11 Å². The minimum absolute atomic E-state index is 0.0312. The van der Waals surface area contributed by atoms with Crippen LogP contribution in [0.5, 0.6) is 0 Å². The highest BCUT2D eigenvalue weighted by Gasteiger charge is 2.08. The molecule has 0 aliphatic heterocycles. The van der Waals surface area contributed by atoms with E-state index in [1.807, 2.05) is 36.5 Å². The molecule has 0 aliphatic carbocycles. The van der Waals surface area contributed by atoms with Crippen molar-refractivity contribution in [2.45, 2.75) is 13.1 Å². The maximum absolute atomic E-state index is 8.85. The maximum Gasteiger partial charge on any atom is 0.134 e. The molecule has 0 saturated heterocycles. The maximum atomic E-state index is 8.85. The van der Waals surface area contributed by atoms with Gasteiger partial charge in [-0.2, -0.15) is 0 Å². The summed E-state index contributed by atoms with van der Waals surface area (Å²) in [4.78, 5) is 0. The van der Waals surface area contributed by atoms with Gasteiger partial charge in [0.05, 0.1) is 32.1 Å². The summed E-state index contributed by atoms with van der Waals surface area (Å²) in [5.74, 6) is 0. The number of aromatic nitrogens is 6. The monoisotopic (exact) mass is 270 g/mol. The lowest BCUT2D eigenvalue weighted by molar-refractivity contribution is 0.268. The van der Waals surface area contributed by atoms with E-state index in [2.05, 4.69) is 20.6 Å². The highest BCUT2D eigenvalue weighted by Crippen LogP contribution is 2.12. The molecule has 0 atom stereocenters. The summed E-state index contributed by atoms with van der Waals surface area (Å²) in [6, 6.07) is 10.1. The van der Waals surface area contributed by atoms with Crippen molar-refractivity contribution in [3.05, 3.63) is 48.3 Å². The second-order valence-corrected chi connectivity index (χ2v) is 4.38. The van der Waals surface area contributed by atoms with Gasteiger partial charge in [-0.05, 0) is 5.56 Å². The van der Waals surface area contributed by atoms with Crippen LogP contribution in [0.2, 0.25) is 0 Å². The van der Waals surface area contributed by atoms with Gasteiger partial charge in [0, 0.05) is 0 Å². The number of rotatable bonds is 5. The zero-order valence-electron chi connectivity index (χ0n) is 10.8. The molecular weight excluding hydrogens is 256 g/mol. The van der Waals surface area contributed by atoms with Crippen molar-refractivity contribution in [1.82, 2.24) is 30.0 Å².